The summed E-state index contributed by atoms with van der Waals surface area (Å²) in [4.78, 5) is 0. The maximum atomic E-state index is 2.50. The van der Waals surface area contributed by atoms with Crippen molar-refractivity contribution in [1.82, 2.24) is 0 Å². The summed E-state index contributed by atoms with van der Waals surface area (Å²) in [7, 11) is 0. The van der Waals surface area contributed by atoms with Gasteiger partial charge in [0.25, 0.3) is 0 Å². The van der Waals surface area contributed by atoms with Crippen molar-refractivity contribution in [3.05, 3.63) is 29.2 Å². The molecule has 0 saturated heterocycles. The van der Waals surface area contributed by atoms with E-state index >= 15 is 0 Å². The second kappa shape index (κ2) is 9.71. The smallest absolute Gasteiger partial charge is 1.00 e. The molecule has 0 heterocycles. The number of allylic oxidation sites excluding steroid dienone is 4. The Labute approximate surface area is 128 Å². The third-order valence-electron chi connectivity index (χ3n) is 2.98. The van der Waals surface area contributed by atoms with E-state index in [1.165, 1.54) is 31.3 Å². The number of rotatable bonds is 3. The predicted octanol–water partition coefficient (Wildman–Crippen LogP) is 1.68. The molecule has 1 rings (SSSR count). The van der Waals surface area contributed by atoms with Gasteiger partial charge in [-0.15, -0.1) is 0 Å². The Morgan fingerprint density at radius 3 is 2.44 bits per heavy atom. The van der Waals surface area contributed by atoms with E-state index in [0.29, 0.717) is 0 Å². The fourth-order valence-corrected chi connectivity index (χ4v) is 2.23. The molecule has 0 bridgehead atoms. The summed E-state index contributed by atoms with van der Waals surface area (Å²) < 4.78 is 0. The SMILES string of the molecule is CC(C)=CCC[C@H]1[CH]CCC1=C(C)C.[Cl-].[Hg+]. The van der Waals surface area contributed by atoms with E-state index in [4.69, 9.17) is 0 Å². The monoisotopic (exact) mass is 428 g/mol. The summed E-state index contributed by atoms with van der Waals surface area (Å²) in [5, 5.41) is 0. The van der Waals surface area contributed by atoms with Crippen LogP contribution in [0.25, 0.3) is 0 Å². The minimum atomic E-state index is 0. The van der Waals surface area contributed by atoms with Crippen LogP contribution in [0.1, 0.15) is 53.4 Å². The van der Waals surface area contributed by atoms with Gasteiger partial charge in [0, 0.05) is 0 Å². The summed E-state index contributed by atoms with van der Waals surface area (Å²) in [6.07, 6.45) is 10.0. The summed E-state index contributed by atoms with van der Waals surface area (Å²) in [6.45, 7) is 8.87. The maximum absolute atomic E-state index is 2.50. The molecule has 0 aromatic carbocycles. The summed E-state index contributed by atoms with van der Waals surface area (Å²) in [5.41, 5.74) is 4.69. The van der Waals surface area contributed by atoms with Gasteiger partial charge in [-0.1, -0.05) is 22.8 Å². The van der Waals surface area contributed by atoms with Crippen LogP contribution in [0.3, 0.4) is 0 Å². The second-order valence-corrected chi connectivity index (χ2v) is 4.76. The molecule has 0 aromatic rings. The van der Waals surface area contributed by atoms with Crippen LogP contribution in [0.15, 0.2) is 22.8 Å². The van der Waals surface area contributed by atoms with Gasteiger partial charge < -0.3 is 12.4 Å². The zero-order valence-electron chi connectivity index (χ0n) is 11.1. The molecular weight excluding hydrogens is 404 g/mol. The van der Waals surface area contributed by atoms with Gasteiger partial charge in [-0.2, -0.15) is 0 Å². The van der Waals surface area contributed by atoms with Crippen molar-refractivity contribution in [3.8, 4) is 0 Å². The van der Waals surface area contributed by atoms with Crippen LogP contribution < -0.4 is 12.4 Å². The number of hydrogen-bond donors (Lipinski definition) is 0. The van der Waals surface area contributed by atoms with Gasteiger partial charge in [-0.05, 0) is 65.7 Å². The van der Waals surface area contributed by atoms with Gasteiger partial charge in [-0.3, -0.25) is 0 Å². The Morgan fingerprint density at radius 2 is 1.94 bits per heavy atom. The topological polar surface area (TPSA) is 0 Å². The summed E-state index contributed by atoms with van der Waals surface area (Å²) in [6, 6.07) is 0. The van der Waals surface area contributed by atoms with E-state index in [1.54, 1.807) is 11.1 Å². The fraction of sp³-hybridized carbons (Fsp3) is 0.643. The zero-order valence-corrected chi connectivity index (χ0v) is 17.4. The fourth-order valence-electron chi connectivity index (χ4n) is 2.23. The van der Waals surface area contributed by atoms with Crippen molar-refractivity contribution in [2.45, 2.75) is 53.4 Å². The van der Waals surface area contributed by atoms with Crippen LogP contribution in [-0.4, -0.2) is 0 Å². The average Bonchev–Trinajstić information content (AvgIpc) is 2.51. The molecule has 2 radical (unpaired) electrons. The molecule has 16 heavy (non-hydrogen) atoms. The molecule has 0 aliphatic heterocycles. The molecule has 1 saturated carbocycles. The minimum Gasteiger partial charge on any atom is -1.00 e. The van der Waals surface area contributed by atoms with Crippen LogP contribution in [0.4, 0.5) is 0 Å². The standard InChI is InChI=1S/C14H23.ClH.Hg/c1-11(2)7-5-8-13-9-6-10-14(13)12(3)4;;/h7,9,13H,5-6,8,10H2,1-4H3;1H;/q;;+1/p-1/t13-;;/m0../s1. The predicted molar refractivity (Wildman–Crippen MR) is 64.1 cm³/mol. The first-order valence-electron chi connectivity index (χ1n) is 5.74. The van der Waals surface area contributed by atoms with Crippen LogP contribution in [0, 0.1) is 12.3 Å². The Kier molecular flexibility index (Phi) is 11.6. The average molecular weight is 427 g/mol. The molecule has 0 unspecified atom stereocenters. The third kappa shape index (κ3) is 6.44. The molecule has 2 heteroatoms. The van der Waals surface area contributed by atoms with E-state index in [2.05, 4.69) is 40.2 Å². The largest absolute Gasteiger partial charge is 1.00 e. The molecule has 88 valence electrons. The van der Waals surface area contributed by atoms with Crippen molar-refractivity contribution in [1.29, 1.82) is 0 Å². The number of halogens is 1. The van der Waals surface area contributed by atoms with Crippen LogP contribution in [0.5, 0.6) is 0 Å². The van der Waals surface area contributed by atoms with Gasteiger partial charge in [0.2, 0.25) is 0 Å². The quantitative estimate of drug-likeness (QED) is 0.475. The molecule has 1 fully saturated rings. The molecule has 0 aromatic heterocycles. The van der Waals surface area contributed by atoms with Gasteiger partial charge in [0.1, 0.15) is 0 Å². The van der Waals surface area contributed by atoms with Crippen LogP contribution in [-0.2, 0) is 27.7 Å². The van der Waals surface area contributed by atoms with E-state index in [1.807, 2.05) is 0 Å². The first-order chi connectivity index (χ1) is 6.61. The first kappa shape index (κ1) is 19.1. The zero-order chi connectivity index (χ0) is 10.6. The van der Waals surface area contributed by atoms with Crippen LogP contribution >= 0.6 is 0 Å². The molecule has 1 aliphatic rings. The maximum Gasteiger partial charge on any atom is 1.00 e. The Hall–Kier alpha value is 0.705. The molecule has 0 N–H and O–H groups in total. The Morgan fingerprint density at radius 1 is 1.31 bits per heavy atom. The summed E-state index contributed by atoms with van der Waals surface area (Å²) >= 11 is 0. The molecular formula is C14H23ClHg. The normalized spacial score (nSPS) is 18.5. The number of hydrogen-bond acceptors (Lipinski definition) is 0. The molecule has 0 spiro atoms. The van der Waals surface area contributed by atoms with Crippen molar-refractivity contribution in [2.24, 2.45) is 5.92 Å². The van der Waals surface area contributed by atoms with E-state index in [0.717, 1.165) is 5.92 Å². The van der Waals surface area contributed by atoms with Gasteiger partial charge in [-0.25, -0.2) is 0 Å². The van der Waals surface area contributed by atoms with E-state index in [9.17, 15) is 0 Å². The van der Waals surface area contributed by atoms with Crippen molar-refractivity contribution in [2.75, 3.05) is 0 Å². The second-order valence-electron chi connectivity index (χ2n) is 4.76. The van der Waals surface area contributed by atoms with E-state index in [-0.39, 0.29) is 40.1 Å². The van der Waals surface area contributed by atoms with Gasteiger partial charge in [0.15, 0.2) is 0 Å². The van der Waals surface area contributed by atoms with Crippen LogP contribution in [0.2, 0.25) is 0 Å². The van der Waals surface area contributed by atoms with E-state index < -0.39 is 0 Å². The van der Waals surface area contributed by atoms with Crippen molar-refractivity contribution >= 4 is 0 Å². The van der Waals surface area contributed by atoms with Gasteiger partial charge >= 0.3 is 27.7 Å². The molecule has 1 aliphatic carbocycles. The summed E-state index contributed by atoms with van der Waals surface area (Å²) in [5.74, 6) is 0.774. The van der Waals surface area contributed by atoms with Crippen molar-refractivity contribution < 1.29 is 40.1 Å². The molecule has 0 amide bonds. The molecule has 1 atom stereocenters. The first-order valence-corrected chi connectivity index (χ1v) is 5.74. The Balaban J connectivity index is 0. The molecule has 0 nitrogen and oxygen atoms in total. The van der Waals surface area contributed by atoms with Crippen molar-refractivity contribution in [3.63, 3.8) is 0 Å². The van der Waals surface area contributed by atoms with Gasteiger partial charge in [0.05, 0.1) is 0 Å². The Bertz CT molecular complexity index is 245. The minimum absolute atomic E-state index is 0. The third-order valence-corrected chi connectivity index (χ3v) is 2.98.